The van der Waals surface area contributed by atoms with Crippen LogP contribution in [0.2, 0.25) is 0 Å². The van der Waals surface area contributed by atoms with E-state index in [-0.39, 0.29) is 12.6 Å². The summed E-state index contributed by atoms with van der Waals surface area (Å²) in [5.41, 5.74) is 2.84. The van der Waals surface area contributed by atoms with Gasteiger partial charge in [0, 0.05) is 18.6 Å². The molecule has 104 valence electrons. The minimum Gasteiger partial charge on any atom is -0.428 e. The predicted octanol–water partition coefficient (Wildman–Crippen LogP) is 3.41. The van der Waals surface area contributed by atoms with Crippen molar-refractivity contribution in [2.24, 2.45) is 0 Å². The van der Waals surface area contributed by atoms with Crippen molar-refractivity contribution in [1.82, 2.24) is 0 Å². The van der Waals surface area contributed by atoms with Crippen molar-refractivity contribution in [2.45, 2.75) is 51.9 Å². The van der Waals surface area contributed by atoms with Crippen molar-refractivity contribution in [3.63, 3.8) is 0 Å². The highest BCUT2D eigenvalue weighted by Crippen LogP contribution is 2.30. The van der Waals surface area contributed by atoms with E-state index in [0.717, 1.165) is 49.9 Å². The number of aliphatic hydroxyl groups is 1. The summed E-state index contributed by atoms with van der Waals surface area (Å²) in [4.78, 5) is 12.1. The molecule has 0 heterocycles. The van der Waals surface area contributed by atoms with Gasteiger partial charge < -0.3 is 9.84 Å². The number of aliphatic hydroxyl groups excluding tert-OH is 1. The SMILES string of the molecule is CC(C(=O)OC1=CCCC1)=C(CCO)C1=CCCC1. The van der Waals surface area contributed by atoms with Crippen molar-refractivity contribution in [1.29, 1.82) is 0 Å². The summed E-state index contributed by atoms with van der Waals surface area (Å²) < 4.78 is 5.42. The molecule has 0 bridgehead atoms. The normalized spacial score (nSPS) is 19.9. The lowest BCUT2D eigenvalue weighted by atomic mass is 9.97. The zero-order valence-corrected chi connectivity index (χ0v) is 11.6. The molecular formula is C16H22O3. The van der Waals surface area contributed by atoms with Gasteiger partial charge in [0.25, 0.3) is 0 Å². The van der Waals surface area contributed by atoms with Gasteiger partial charge in [0.15, 0.2) is 0 Å². The first kappa shape index (κ1) is 14.1. The first-order chi connectivity index (χ1) is 9.22. The van der Waals surface area contributed by atoms with Crippen LogP contribution in [-0.2, 0) is 9.53 Å². The fourth-order valence-corrected chi connectivity index (χ4v) is 2.70. The van der Waals surface area contributed by atoms with Crippen LogP contribution in [-0.4, -0.2) is 17.7 Å². The van der Waals surface area contributed by atoms with Crippen molar-refractivity contribution in [2.75, 3.05) is 6.61 Å². The zero-order valence-electron chi connectivity index (χ0n) is 11.6. The molecule has 0 fully saturated rings. The lowest BCUT2D eigenvalue weighted by Crippen LogP contribution is -2.09. The molecule has 0 radical (unpaired) electrons. The molecule has 2 rings (SSSR count). The standard InChI is InChI=1S/C16H22O3/c1-12(16(18)19-14-8-4-5-9-14)15(10-11-17)13-6-2-3-7-13/h6,8,17H,2-5,7,9-11H2,1H3. The van der Waals surface area contributed by atoms with E-state index < -0.39 is 0 Å². The Morgan fingerprint density at radius 1 is 1.26 bits per heavy atom. The Morgan fingerprint density at radius 2 is 2.00 bits per heavy atom. The molecule has 0 atom stereocenters. The van der Waals surface area contributed by atoms with E-state index in [0.29, 0.717) is 12.0 Å². The van der Waals surface area contributed by atoms with Gasteiger partial charge in [0.1, 0.15) is 5.76 Å². The molecule has 1 N–H and O–H groups in total. The topological polar surface area (TPSA) is 46.5 Å². The molecule has 0 aliphatic heterocycles. The van der Waals surface area contributed by atoms with E-state index in [1.54, 1.807) is 0 Å². The Morgan fingerprint density at radius 3 is 2.58 bits per heavy atom. The molecule has 0 aromatic rings. The summed E-state index contributed by atoms with van der Waals surface area (Å²) in [6.07, 6.45) is 10.8. The van der Waals surface area contributed by atoms with Crippen LogP contribution in [0.25, 0.3) is 0 Å². The van der Waals surface area contributed by atoms with Crippen molar-refractivity contribution < 1.29 is 14.6 Å². The van der Waals surface area contributed by atoms with E-state index in [1.807, 2.05) is 13.0 Å². The molecule has 2 aliphatic carbocycles. The largest absolute Gasteiger partial charge is 0.428 e. The van der Waals surface area contributed by atoms with Crippen LogP contribution in [0, 0.1) is 0 Å². The lowest BCUT2D eigenvalue weighted by Gasteiger charge is -2.12. The van der Waals surface area contributed by atoms with Crippen molar-refractivity contribution >= 4 is 5.97 Å². The number of ether oxygens (including phenoxy) is 1. The minimum absolute atomic E-state index is 0.0694. The maximum Gasteiger partial charge on any atom is 0.339 e. The summed E-state index contributed by atoms with van der Waals surface area (Å²) in [7, 11) is 0. The molecule has 0 spiro atoms. The van der Waals surface area contributed by atoms with Gasteiger partial charge in [0.05, 0.1) is 0 Å². The van der Waals surface area contributed by atoms with Gasteiger partial charge in [-0.1, -0.05) is 6.08 Å². The highest BCUT2D eigenvalue weighted by Gasteiger charge is 2.19. The number of hydrogen-bond donors (Lipinski definition) is 1. The molecular weight excluding hydrogens is 240 g/mol. The van der Waals surface area contributed by atoms with Crippen LogP contribution in [0.4, 0.5) is 0 Å². The van der Waals surface area contributed by atoms with Crippen molar-refractivity contribution in [3.8, 4) is 0 Å². The first-order valence-electron chi connectivity index (χ1n) is 7.13. The average Bonchev–Trinajstić information content (AvgIpc) is 3.07. The molecule has 0 saturated carbocycles. The van der Waals surface area contributed by atoms with Crippen LogP contribution >= 0.6 is 0 Å². The van der Waals surface area contributed by atoms with E-state index in [2.05, 4.69) is 6.08 Å². The molecule has 0 aromatic carbocycles. The lowest BCUT2D eigenvalue weighted by molar-refractivity contribution is -0.135. The fraction of sp³-hybridized carbons (Fsp3) is 0.562. The third-order valence-corrected chi connectivity index (χ3v) is 3.77. The van der Waals surface area contributed by atoms with Crippen LogP contribution < -0.4 is 0 Å². The molecule has 0 aromatic heterocycles. The van der Waals surface area contributed by atoms with Gasteiger partial charge in [-0.15, -0.1) is 0 Å². The van der Waals surface area contributed by atoms with Crippen molar-refractivity contribution in [3.05, 3.63) is 34.6 Å². The van der Waals surface area contributed by atoms with E-state index in [9.17, 15) is 9.90 Å². The van der Waals surface area contributed by atoms with Crippen LogP contribution in [0.5, 0.6) is 0 Å². The summed E-state index contributed by atoms with van der Waals surface area (Å²) in [5, 5.41) is 9.19. The Balaban J connectivity index is 2.12. The monoisotopic (exact) mass is 262 g/mol. The van der Waals surface area contributed by atoms with Gasteiger partial charge in [-0.05, 0) is 62.7 Å². The van der Waals surface area contributed by atoms with Gasteiger partial charge in [0.2, 0.25) is 0 Å². The number of hydrogen-bond acceptors (Lipinski definition) is 3. The molecule has 0 unspecified atom stereocenters. The van der Waals surface area contributed by atoms with Crippen LogP contribution in [0.1, 0.15) is 51.9 Å². The highest BCUT2D eigenvalue weighted by atomic mass is 16.5. The molecule has 2 aliphatic rings. The third kappa shape index (κ3) is 3.57. The predicted molar refractivity (Wildman–Crippen MR) is 74.4 cm³/mol. The molecule has 0 amide bonds. The summed E-state index contributed by atoms with van der Waals surface area (Å²) in [5.74, 6) is 0.539. The molecule has 3 heteroatoms. The van der Waals surface area contributed by atoms with Gasteiger partial charge in [-0.25, -0.2) is 4.79 Å². The second kappa shape index (κ2) is 6.71. The summed E-state index contributed by atoms with van der Waals surface area (Å²) >= 11 is 0. The van der Waals surface area contributed by atoms with E-state index in [4.69, 9.17) is 4.74 Å². The minimum atomic E-state index is -0.260. The summed E-state index contributed by atoms with van der Waals surface area (Å²) in [6, 6.07) is 0. The smallest absolute Gasteiger partial charge is 0.339 e. The second-order valence-corrected chi connectivity index (χ2v) is 5.15. The molecule has 3 nitrogen and oxygen atoms in total. The fourth-order valence-electron chi connectivity index (χ4n) is 2.70. The van der Waals surface area contributed by atoms with Gasteiger partial charge >= 0.3 is 5.97 Å². The van der Waals surface area contributed by atoms with Gasteiger partial charge in [-0.3, -0.25) is 0 Å². The molecule has 19 heavy (non-hydrogen) atoms. The maximum atomic E-state index is 12.1. The maximum absolute atomic E-state index is 12.1. The molecule has 0 saturated heterocycles. The Labute approximate surface area is 114 Å². The summed E-state index contributed by atoms with van der Waals surface area (Å²) in [6.45, 7) is 1.88. The van der Waals surface area contributed by atoms with Crippen LogP contribution in [0.15, 0.2) is 34.6 Å². The number of carbonyl (C=O) groups is 1. The quantitative estimate of drug-likeness (QED) is 0.610. The van der Waals surface area contributed by atoms with Gasteiger partial charge in [-0.2, -0.15) is 0 Å². The number of rotatable bonds is 5. The van der Waals surface area contributed by atoms with E-state index >= 15 is 0 Å². The Bertz CT molecular complexity index is 441. The van der Waals surface area contributed by atoms with Crippen LogP contribution in [0.3, 0.4) is 0 Å². The number of carbonyl (C=O) groups excluding carboxylic acids is 1. The Kier molecular flexibility index (Phi) is 4.97. The number of esters is 1. The Hall–Kier alpha value is -1.35. The highest BCUT2D eigenvalue weighted by molar-refractivity contribution is 5.90. The average molecular weight is 262 g/mol. The zero-order chi connectivity index (χ0) is 13.7. The first-order valence-corrected chi connectivity index (χ1v) is 7.13. The third-order valence-electron chi connectivity index (χ3n) is 3.77. The van der Waals surface area contributed by atoms with E-state index in [1.165, 1.54) is 5.57 Å². The second-order valence-electron chi connectivity index (χ2n) is 5.15. The number of allylic oxidation sites excluding steroid dienone is 4.